The zero-order valence-electron chi connectivity index (χ0n) is 10.3. The summed E-state index contributed by atoms with van der Waals surface area (Å²) in [5.74, 6) is 1.43. The Kier molecular flexibility index (Phi) is 4.69. The van der Waals surface area contributed by atoms with Crippen LogP contribution in [0.1, 0.15) is 25.3 Å². The minimum Gasteiger partial charge on any atom is -0.492 e. The smallest absolute Gasteiger partial charge is 0.137 e. The van der Waals surface area contributed by atoms with E-state index in [1.54, 1.807) is 0 Å². The Morgan fingerprint density at radius 2 is 2.35 bits per heavy atom. The molecule has 2 rings (SSSR count). The van der Waals surface area contributed by atoms with Crippen molar-refractivity contribution in [3.8, 4) is 5.75 Å². The van der Waals surface area contributed by atoms with Gasteiger partial charge in [-0.2, -0.15) is 0 Å². The Labute approximate surface area is 108 Å². The van der Waals surface area contributed by atoms with Gasteiger partial charge in [0.2, 0.25) is 0 Å². The molecular formula is C14H20ClNO. The van der Waals surface area contributed by atoms with Crippen LogP contribution in [0, 0.1) is 5.92 Å². The van der Waals surface area contributed by atoms with Gasteiger partial charge in [-0.25, -0.2) is 0 Å². The van der Waals surface area contributed by atoms with Crippen molar-refractivity contribution in [2.75, 3.05) is 19.7 Å². The third-order valence-corrected chi connectivity index (χ3v) is 3.57. The maximum absolute atomic E-state index is 6.19. The fraction of sp³-hybridized carbons (Fsp3) is 0.571. The lowest BCUT2D eigenvalue weighted by Gasteiger charge is -2.23. The van der Waals surface area contributed by atoms with Gasteiger partial charge < -0.3 is 10.1 Å². The van der Waals surface area contributed by atoms with E-state index in [1.807, 2.05) is 12.1 Å². The molecule has 0 aromatic heterocycles. The predicted molar refractivity (Wildman–Crippen MR) is 71.9 cm³/mol. The zero-order chi connectivity index (χ0) is 12.1. The minimum absolute atomic E-state index is 0.616. The molecule has 1 saturated heterocycles. The van der Waals surface area contributed by atoms with Crippen LogP contribution in [-0.2, 0) is 6.42 Å². The molecule has 1 atom stereocenters. The van der Waals surface area contributed by atoms with Crippen molar-refractivity contribution in [1.29, 1.82) is 0 Å². The average Bonchev–Trinajstić information content (AvgIpc) is 2.38. The molecule has 0 radical (unpaired) electrons. The van der Waals surface area contributed by atoms with Gasteiger partial charge in [0.1, 0.15) is 5.75 Å². The summed E-state index contributed by atoms with van der Waals surface area (Å²) in [7, 11) is 0. The zero-order valence-corrected chi connectivity index (χ0v) is 11.1. The lowest BCUT2D eigenvalue weighted by atomic mass is 10.0. The standard InChI is InChI=1S/C14H20ClNO/c1-2-11-5-6-14(13(15)8-11)17-10-12-4-3-7-16-9-12/h5-6,8,12,16H,2-4,7,9-10H2,1H3/t12-/m1/s1. The van der Waals surface area contributed by atoms with Gasteiger partial charge >= 0.3 is 0 Å². The maximum Gasteiger partial charge on any atom is 0.137 e. The van der Waals surface area contributed by atoms with E-state index in [9.17, 15) is 0 Å². The summed E-state index contributed by atoms with van der Waals surface area (Å²) in [6.07, 6.45) is 3.50. The summed E-state index contributed by atoms with van der Waals surface area (Å²) >= 11 is 6.19. The lowest BCUT2D eigenvalue weighted by molar-refractivity contribution is 0.218. The number of aryl methyl sites for hydroxylation is 1. The first-order valence-electron chi connectivity index (χ1n) is 6.41. The molecule has 1 heterocycles. The summed E-state index contributed by atoms with van der Waals surface area (Å²) < 4.78 is 5.80. The van der Waals surface area contributed by atoms with Crippen molar-refractivity contribution in [2.24, 2.45) is 5.92 Å². The van der Waals surface area contributed by atoms with E-state index in [1.165, 1.54) is 18.4 Å². The van der Waals surface area contributed by atoms with E-state index >= 15 is 0 Å². The third kappa shape index (κ3) is 3.62. The van der Waals surface area contributed by atoms with Gasteiger partial charge in [0, 0.05) is 12.5 Å². The molecule has 1 aromatic rings. The highest BCUT2D eigenvalue weighted by molar-refractivity contribution is 6.32. The first-order valence-corrected chi connectivity index (χ1v) is 6.79. The van der Waals surface area contributed by atoms with Crippen molar-refractivity contribution >= 4 is 11.6 Å². The van der Waals surface area contributed by atoms with Crippen LogP contribution in [0.15, 0.2) is 18.2 Å². The summed E-state index contributed by atoms with van der Waals surface area (Å²) in [6, 6.07) is 6.06. The Morgan fingerprint density at radius 3 is 3.00 bits per heavy atom. The molecule has 1 N–H and O–H groups in total. The number of hydrogen-bond acceptors (Lipinski definition) is 2. The van der Waals surface area contributed by atoms with Crippen LogP contribution >= 0.6 is 11.6 Å². The van der Waals surface area contributed by atoms with Crippen LogP contribution < -0.4 is 10.1 Å². The molecule has 2 nitrogen and oxygen atoms in total. The van der Waals surface area contributed by atoms with Crippen LogP contribution in [0.5, 0.6) is 5.75 Å². The molecule has 94 valence electrons. The first-order chi connectivity index (χ1) is 8.29. The summed E-state index contributed by atoms with van der Waals surface area (Å²) in [5, 5.41) is 4.12. The van der Waals surface area contributed by atoms with Crippen LogP contribution in [0.25, 0.3) is 0 Å². The van der Waals surface area contributed by atoms with Gasteiger partial charge in [0.25, 0.3) is 0 Å². The Hall–Kier alpha value is -0.730. The van der Waals surface area contributed by atoms with E-state index in [0.29, 0.717) is 5.92 Å². The van der Waals surface area contributed by atoms with Gasteiger partial charge in [0.15, 0.2) is 0 Å². The van der Waals surface area contributed by atoms with E-state index < -0.39 is 0 Å². The second-order valence-electron chi connectivity index (χ2n) is 4.64. The Bertz CT molecular complexity index is 361. The van der Waals surface area contributed by atoms with Crippen LogP contribution in [-0.4, -0.2) is 19.7 Å². The number of halogens is 1. The van der Waals surface area contributed by atoms with E-state index in [0.717, 1.165) is 36.9 Å². The normalized spacial score (nSPS) is 20.2. The van der Waals surface area contributed by atoms with Gasteiger partial charge in [-0.05, 0) is 43.5 Å². The molecule has 0 bridgehead atoms. The molecule has 1 fully saturated rings. The van der Waals surface area contributed by atoms with E-state index in [-0.39, 0.29) is 0 Å². The Morgan fingerprint density at radius 1 is 1.47 bits per heavy atom. The number of hydrogen-bond donors (Lipinski definition) is 1. The number of rotatable bonds is 4. The molecule has 0 saturated carbocycles. The van der Waals surface area contributed by atoms with Crippen LogP contribution in [0.3, 0.4) is 0 Å². The molecule has 1 aliphatic rings. The lowest BCUT2D eigenvalue weighted by Crippen LogP contribution is -2.33. The molecule has 1 aromatic carbocycles. The monoisotopic (exact) mass is 253 g/mol. The number of ether oxygens (including phenoxy) is 1. The molecule has 0 spiro atoms. The van der Waals surface area contributed by atoms with Crippen molar-refractivity contribution in [3.05, 3.63) is 28.8 Å². The first kappa shape index (κ1) is 12.7. The molecule has 0 aliphatic carbocycles. The van der Waals surface area contributed by atoms with Gasteiger partial charge in [-0.1, -0.05) is 24.6 Å². The van der Waals surface area contributed by atoms with Gasteiger partial charge in [0.05, 0.1) is 11.6 Å². The predicted octanol–water partition coefficient (Wildman–Crippen LogP) is 3.28. The SMILES string of the molecule is CCc1ccc(OC[C@@H]2CCCNC2)c(Cl)c1. The number of benzene rings is 1. The van der Waals surface area contributed by atoms with Gasteiger partial charge in [-0.3, -0.25) is 0 Å². The fourth-order valence-electron chi connectivity index (χ4n) is 2.16. The average molecular weight is 254 g/mol. The second kappa shape index (κ2) is 6.27. The molecular weight excluding hydrogens is 234 g/mol. The fourth-order valence-corrected chi connectivity index (χ4v) is 2.41. The van der Waals surface area contributed by atoms with Crippen molar-refractivity contribution in [3.63, 3.8) is 0 Å². The molecule has 0 unspecified atom stereocenters. The third-order valence-electron chi connectivity index (χ3n) is 3.28. The van der Waals surface area contributed by atoms with Crippen molar-refractivity contribution in [2.45, 2.75) is 26.2 Å². The summed E-state index contributed by atoms with van der Waals surface area (Å²) in [4.78, 5) is 0. The largest absolute Gasteiger partial charge is 0.492 e. The minimum atomic E-state index is 0.616. The quantitative estimate of drug-likeness (QED) is 0.889. The highest BCUT2D eigenvalue weighted by Gasteiger charge is 2.14. The van der Waals surface area contributed by atoms with Gasteiger partial charge in [-0.15, -0.1) is 0 Å². The van der Waals surface area contributed by atoms with Crippen molar-refractivity contribution in [1.82, 2.24) is 5.32 Å². The van der Waals surface area contributed by atoms with E-state index in [2.05, 4.69) is 18.3 Å². The van der Waals surface area contributed by atoms with E-state index in [4.69, 9.17) is 16.3 Å². The number of piperidine rings is 1. The second-order valence-corrected chi connectivity index (χ2v) is 5.05. The van der Waals surface area contributed by atoms with Crippen molar-refractivity contribution < 1.29 is 4.74 Å². The molecule has 17 heavy (non-hydrogen) atoms. The summed E-state index contributed by atoms with van der Waals surface area (Å²) in [6.45, 7) is 5.09. The highest BCUT2D eigenvalue weighted by atomic mass is 35.5. The highest BCUT2D eigenvalue weighted by Crippen LogP contribution is 2.26. The molecule has 3 heteroatoms. The Balaban J connectivity index is 1.89. The maximum atomic E-state index is 6.19. The van der Waals surface area contributed by atoms with Crippen LogP contribution in [0.2, 0.25) is 5.02 Å². The number of nitrogens with one attached hydrogen (secondary N) is 1. The topological polar surface area (TPSA) is 21.3 Å². The van der Waals surface area contributed by atoms with Crippen LogP contribution in [0.4, 0.5) is 0 Å². The summed E-state index contributed by atoms with van der Waals surface area (Å²) in [5.41, 5.74) is 1.25. The molecule has 1 aliphatic heterocycles. The molecule has 0 amide bonds.